The first-order valence-electron chi connectivity index (χ1n) is 6.68. The van der Waals surface area contributed by atoms with Crippen molar-refractivity contribution in [2.75, 3.05) is 18.6 Å². The molecule has 23 heavy (non-hydrogen) atoms. The number of hydrogen-bond acceptors (Lipinski definition) is 5. The Morgan fingerprint density at radius 1 is 1.30 bits per heavy atom. The van der Waals surface area contributed by atoms with Crippen molar-refractivity contribution in [2.24, 2.45) is 4.99 Å². The largest absolute Gasteiger partial charge is 0.432 e. The maximum atomic E-state index is 13.7. The Morgan fingerprint density at radius 2 is 2.04 bits per heavy atom. The Morgan fingerprint density at radius 3 is 2.70 bits per heavy atom. The average Bonchev–Trinajstić information content (AvgIpc) is 2.56. The molecule has 0 saturated heterocycles. The van der Waals surface area contributed by atoms with E-state index in [4.69, 9.17) is 4.74 Å². The maximum absolute atomic E-state index is 13.7. The highest BCUT2D eigenvalue weighted by molar-refractivity contribution is 7.98. The summed E-state index contributed by atoms with van der Waals surface area (Å²) >= 11 is 1.60. The highest BCUT2D eigenvalue weighted by Gasteiger charge is 2.16. The van der Waals surface area contributed by atoms with E-state index in [2.05, 4.69) is 9.98 Å². The van der Waals surface area contributed by atoms with Crippen LogP contribution in [0, 0.1) is 11.6 Å². The molecule has 5 nitrogen and oxygen atoms in total. The number of aliphatic imine (C=N–C) groups is 1. The molecular formula is C15H15F2N3O2S. The second-order valence-corrected chi connectivity index (χ2v) is 5.33. The molecule has 0 aliphatic rings. The van der Waals surface area contributed by atoms with E-state index < -0.39 is 17.4 Å². The number of nitrogens with one attached hydrogen (secondary N) is 1. The minimum atomic E-state index is -0.848. The quantitative estimate of drug-likeness (QED) is 0.366. The minimum Gasteiger partial charge on any atom is -0.432 e. The molecule has 0 atom stereocenters. The van der Waals surface area contributed by atoms with E-state index in [0.717, 1.165) is 17.9 Å². The number of amidine groups is 1. The first-order chi connectivity index (χ1) is 11.2. The van der Waals surface area contributed by atoms with Crippen LogP contribution in [-0.2, 0) is 0 Å². The van der Waals surface area contributed by atoms with Crippen molar-refractivity contribution in [1.29, 1.82) is 0 Å². The van der Waals surface area contributed by atoms with Crippen LogP contribution in [-0.4, -0.2) is 34.6 Å². The van der Waals surface area contributed by atoms with Crippen molar-refractivity contribution < 1.29 is 18.7 Å². The molecule has 0 bridgehead atoms. The summed E-state index contributed by atoms with van der Waals surface area (Å²) in [4.78, 5) is 8.14. The molecule has 2 rings (SSSR count). The van der Waals surface area contributed by atoms with E-state index in [-0.39, 0.29) is 11.7 Å². The van der Waals surface area contributed by atoms with Crippen molar-refractivity contribution in [3.63, 3.8) is 0 Å². The fourth-order valence-electron chi connectivity index (χ4n) is 1.76. The number of pyridine rings is 1. The highest BCUT2D eigenvalue weighted by Crippen LogP contribution is 2.28. The van der Waals surface area contributed by atoms with Crippen molar-refractivity contribution in [2.45, 2.75) is 0 Å². The third-order valence-electron chi connectivity index (χ3n) is 2.82. The van der Waals surface area contributed by atoms with Crippen LogP contribution in [0.15, 0.2) is 41.5 Å². The molecule has 0 fully saturated rings. The lowest BCUT2D eigenvalue weighted by Crippen LogP contribution is -2.22. The van der Waals surface area contributed by atoms with Crippen LogP contribution in [0.3, 0.4) is 0 Å². The molecule has 0 amide bonds. The number of thioether (sulfide) groups is 1. The van der Waals surface area contributed by atoms with Gasteiger partial charge in [-0.1, -0.05) is 6.07 Å². The van der Waals surface area contributed by atoms with Crippen LogP contribution < -0.4 is 10.2 Å². The Bertz CT molecular complexity index is 678. The molecule has 0 radical (unpaired) electrons. The van der Waals surface area contributed by atoms with Crippen LogP contribution >= 0.6 is 11.8 Å². The molecule has 2 N–H and O–H groups in total. The monoisotopic (exact) mass is 339 g/mol. The smallest absolute Gasteiger partial charge is 0.230 e. The van der Waals surface area contributed by atoms with E-state index in [9.17, 15) is 14.0 Å². The van der Waals surface area contributed by atoms with Gasteiger partial charge in [0.05, 0.1) is 12.1 Å². The molecular weight excluding hydrogens is 324 g/mol. The number of ether oxygens (including phenoxy) is 1. The number of benzene rings is 1. The van der Waals surface area contributed by atoms with Crippen LogP contribution in [0.5, 0.6) is 11.6 Å². The molecule has 0 saturated carbocycles. The summed E-state index contributed by atoms with van der Waals surface area (Å²) in [5.74, 6) is -1.46. The number of hydroxylamine groups is 1. The molecule has 0 spiro atoms. The lowest BCUT2D eigenvalue weighted by molar-refractivity contribution is 0.234. The number of halogens is 2. The van der Waals surface area contributed by atoms with Crippen LogP contribution in [0.2, 0.25) is 0 Å². The Hall–Kier alpha value is -2.19. The summed E-state index contributed by atoms with van der Waals surface area (Å²) in [5.41, 5.74) is 2.26. The van der Waals surface area contributed by atoms with Gasteiger partial charge in [0.2, 0.25) is 11.6 Å². The number of para-hydroxylation sites is 1. The van der Waals surface area contributed by atoms with Gasteiger partial charge in [0, 0.05) is 11.9 Å². The maximum Gasteiger partial charge on any atom is 0.230 e. The third-order valence-corrected chi connectivity index (χ3v) is 3.41. The predicted molar refractivity (Wildman–Crippen MR) is 85.4 cm³/mol. The second kappa shape index (κ2) is 8.44. The standard InChI is InChI=1S/C15H15F2N3O2S/c1-23-9-8-18-14(20-21)10-4-3-7-19-15(10)22-13-11(16)5-2-6-12(13)17/h2-7,21H,8-9H2,1H3,(H,18,20). The van der Waals surface area contributed by atoms with Gasteiger partial charge in [0.1, 0.15) is 0 Å². The first-order valence-corrected chi connectivity index (χ1v) is 8.07. The van der Waals surface area contributed by atoms with Gasteiger partial charge in [-0.25, -0.2) is 13.8 Å². The zero-order valence-electron chi connectivity index (χ0n) is 12.3. The second-order valence-electron chi connectivity index (χ2n) is 4.34. The van der Waals surface area contributed by atoms with E-state index in [1.54, 1.807) is 23.9 Å². The van der Waals surface area contributed by atoms with E-state index in [1.165, 1.54) is 12.3 Å². The molecule has 0 aliphatic heterocycles. The van der Waals surface area contributed by atoms with E-state index >= 15 is 0 Å². The number of rotatable bonds is 6. The molecule has 0 aliphatic carbocycles. The van der Waals surface area contributed by atoms with Crippen LogP contribution in [0.1, 0.15) is 5.56 Å². The Labute approximate surface area is 136 Å². The van der Waals surface area contributed by atoms with Gasteiger partial charge in [-0.15, -0.1) is 0 Å². The summed E-state index contributed by atoms with van der Waals surface area (Å²) in [5, 5.41) is 9.26. The number of hydrogen-bond donors (Lipinski definition) is 2. The molecule has 0 unspecified atom stereocenters. The Balaban J connectivity index is 2.35. The van der Waals surface area contributed by atoms with Crippen LogP contribution in [0.4, 0.5) is 8.78 Å². The average molecular weight is 339 g/mol. The van der Waals surface area contributed by atoms with Gasteiger partial charge in [0.25, 0.3) is 0 Å². The highest BCUT2D eigenvalue weighted by atomic mass is 32.2. The lowest BCUT2D eigenvalue weighted by Gasteiger charge is -2.12. The Kier molecular flexibility index (Phi) is 6.30. The summed E-state index contributed by atoms with van der Waals surface area (Å²) in [6.07, 6.45) is 3.34. The zero-order valence-corrected chi connectivity index (χ0v) is 13.1. The van der Waals surface area contributed by atoms with Gasteiger partial charge in [-0.05, 0) is 30.5 Å². The summed E-state index contributed by atoms with van der Waals surface area (Å²) in [6, 6.07) is 6.57. The van der Waals surface area contributed by atoms with Gasteiger partial charge < -0.3 is 4.74 Å². The molecule has 1 heterocycles. The molecule has 8 heteroatoms. The van der Waals surface area contributed by atoms with E-state index in [1.807, 2.05) is 11.7 Å². The number of aromatic nitrogens is 1. The van der Waals surface area contributed by atoms with Crippen molar-refractivity contribution in [3.8, 4) is 11.6 Å². The van der Waals surface area contributed by atoms with Crippen molar-refractivity contribution in [3.05, 3.63) is 53.7 Å². The molecule has 2 aromatic rings. The predicted octanol–water partition coefficient (Wildman–Crippen LogP) is 3.24. The zero-order chi connectivity index (χ0) is 16.7. The van der Waals surface area contributed by atoms with Crippen molar-refractivity contribution >= 4 is 17.6 Å². The van der Waals surface area contributed by atoms with Gasteiger partial charge >= 0.3 is 0 Å². The van der Waals surface area contributed by atoms with Gasteiger partial charge in [-0.2, -0.15) is 11.8 Å². The molecule has 1 aromatic carbocycles. The SMILES string of the molecule is CSCCN=C(NO)c1cccnc1Oc1c(F)cccc1F. The molecule has 122 valence electrons. The van der Waals surface area contributed by atoms with E-state index in [0.29, 0.717) is 12.1 Å². The lowest BCUT2D eigenvalue weighted by atomic mass is 10.2. The van der Waals surface area contributed by atoms with Gasteiger partial charge in [-0.3, -0.25) is 15.7 Å². The first kappa shape index (κ1) is 17.2. The third kappa shape index (κ3) is 4.40. The van der Waals surface area contributed by atoms with Crippen molar-refractivity contribution in [1.82, 2.24) is 10.5 Å². The minimum absolute atomic E-state index is 0.0686. The summed E-state index contributed by atoms with van der Waals surface area (Å²) in [6.45, 7) is 0.451. The van der Waals surface area contributed by atoms with Gasteiger partial charge in [0.15, 0.2) is 17.5 Å². The normalized spacial score (nSPS) is 11.4. The topological polar surface area (TPSA) is 66.7 Å². The molecule has 1 aromatic heterocycles. The number of nitrogens with zero attached hydrogens (tertiary/aromatic N) is 2. The summed E-state index contributed by atoms with van der Waals surface area (Å²) < 4.78 is 32.7. The fraction of sp³-hybridized carbons (Fsp3) is 0.200. The summed E-state index contributed by atoms with van der Waals surface area (Å²) in [7, 11) is 0. The fourth-order valence-corrected chi connectivity index (χ4v) is 2.03. The van der Waals surface area contributed by atoms with Crippen LogP contribution in [0.25, 0.3) is 0 Å².